The Morgan fingerprint density at radius 3 is 3.00 bits per heavy atom. The fraction of sp³-hybridized carbons (Fsp3) is 0.200. The van der Waals surface area contributed by atoms with E-state index in [0.717, 1.165) is 0 Å². The van der Waals surface area contributed by atoms with Crippen molar-refractivity contribution in [1.82, 2.24) is 9.97 Å². The smallest absolute Gasteiger partial charge is 0.311 e. The first-order valence-electron chi connectivity index (χ1n) is 4.91. The van der Waals surface area contributed by atoms with E-state index < -0.39 is 4.92 Å². The Balaban J connectivity index is 2.11. The van der Waals surface area contributed by atoms with Gasteiger partial charge in [0, 0.05) is 12.3 Å². The minimum atomic E-state index is -0.490. The number of rotatable bonds is 4. The van der Waals surface area contributed by atoms with Crippen molar-refractivity contribution in [3.05, 3.63) is 46.3 Å². The fourth-order valence-electron chi connectivity index (χ4n) is 1.32. The number of aryl methyl sites for hydroxylation is 1. The second-order valence-corrected chi connectivity index (χ2v) is 3.35. The van der Waals surface area contributed by atoms with Crippen LogP contribution in [-0.2, 0) is 6.54 Å². The quantitative estimate of drug-likeness (QED) is 0.641. The number of aromatic nitrogens is 2. The molecule has 2 rings (SSSR count). The Hall–Kier alpha value is -2.44. The molecule has 2 heterocycles. The number of oxazole rings is 1. The molecule has 0 fully saturated rings. The molecule has 2 aromatic rings. The molecule has 17 heavy (non-hydrogen) atoms. The zero-order valence-corrected chi connectivity index (χ0v) is 9.08. The van der Waals surface area contributed by atoms with Crippen LogP contribution in [0, 0.1) is 17.0 Å². The monoisotopic (exact) mass is 234 g/mol. The van der Waals surface area contributed by atoms with Gasteiger partial charge in [-0.15, -0.1) is 0 Å². The molecule has 0 unspecified atom stereocenters. The molecule has 0 atom stereocenters. The fourth-order valence-corrected chi connectivity index (χ4v) is 1.32. The highest BCUT2D eigenvalue weighted by Crippen LogP contribution is 2.20. The van der Waals surface area contributed by atoms with Crippen LogP contribution in [0.1, 0.15) is 11.7 Å². The molecule has 0 spiro atoms. The van der Waals surface area contributed by atoms with E-state index in [1.54, 1.807) is 13.1 Å². The van der Waals surface area contributed by atoms with Crippen molar-refractivity contribution in [3.63, 3.8) is 0 Å². The lowest BCUT2D eigenvalue weighted by molar-refractivity contribution is -0.384. The van der Waals surface area contributed by atoms with Crippen LogP contribution in [0.15, 0.2) is 28.9 Å². The first kappa shape index (κ1) is 11.1. The average molecular weight is 234 g/mol. The van der Waals surface area contributed by atoms with Crippen molar-refractivity contribution < 1.29 is 9.34 Å². The molecule has 0 bridgehead atoms. The van der Waals surface area contributed by atoms with E-state index >= 15 is 0 Å². The first-order chi connectivity index (χ1) is 8.16. The molecule has 0 saturated heterocycles. The average Bonchev–Trinajstić information content (AvgIpc) is 2.73. The number of pyridine rings is 1. The molecule has 2 aromatic heterocycles. The number of nitrogens with zero attached hydrogens (tertiary/aromatic N) is 3. The predicted molar refractivity (Wildman–Crippen MR) is 59.5 cm³/mol. The highest BCUT2D eigenvalue weighted by molar-refractivity contribution is 5.54. The number of nitrogens with one attached hydrogen (secondary N) is 1. The molecular formula is C10H10N4O3. The second-order valence-electron chi connectivity index (χ2n) is 3.35. The summed E-state index contributed by atoms with van der Waals surface area (Å²) in [6.07, 6.45) is 3.07. The Bertz CT molecular complexity index is 538. The zero-order valence-electron chi connectivity index (χ0n) is 9.08. The summed E-state index contributed by atoms with van der Waals surface area (Å²) in [7, 11) is 0. The van der Waals surface area contributed by atoms with Crippen LogP contribution in [0.3, 0.4) is 0 Å². The molecule has 0 aliphatic rings. The van der Waals surface area contributed by atoms with Gasteiger partial charge in [-0.1, -0.05) is 0 Å². The number of hydrogen-bond donors (Lipinski definition) is 1. The van der Waals surface area contributed by atoms with Gasteiger partial charge in [0.05, 0.1) is 17.7 Å². The van der Waals surface area contributed by atoms with Crippen LogP contribution in [0.25, 0.3) is 0 Å². The van der Waals surface area contributed by atoms with Crippen molar-refractivity contribution in [2.45, 2.75) is 13.5 Å². The summed E-state index contributed by atoms with van der Waals surface area (Å²) < 4.78 is 5.23. The van der Waals surface area contributed by atoms with Gasteiger partial charge >= 0.3 is 5.69 Å². The predicted octanol–water partition coefficient (Wildman–Crippen LogP) is 1.90. The summed E-state index contributed by atoms with van der Waals surface area (Å²) in [5.74, 6) is 1.35. The lowest BCUT2D eigenvalue weighted by Crippen LogP contribution is -2.04. The maximum atomic E-state index is 10.7. The van der Waals surface area contributed by atoms with Crippen molar-refractivity contribution in [2.24, 2.45) is 0 Å². The van der Waals surface area contributed by atoms with Gasteiger partial charge in [0.15, 0.2) is 0 Å². The SMILES string of the molecule is Cc1cnc(CNc2ncccc2[N+](=O)[O-])o1. The molecular weight excluding hydrogens is 224 g/mol. The van der Waals surface area contributed by atoms with Gasteiger partial charge < -0.3 is 9.73 Å². The van der Waals surface area contributed by atoms with E-state index in [1.807, 2.05) is 0 Å². The highest BCUT2D eigenvalue weighted by atomic mass is 16.6. The summed E-state index contributed by atoms with van der Waals surface area (Å²) in [4.78, 5) is 18.1. The van der Waals surface area contributed by atoms with Gasteiger partial charge in [0.25, 0.3) is 0 Å². The molecule has 7 heteroatoms. The topological polar surface area (TPSA) is 94.1 Å². The summed E-state index contributed by atoms with van der Waals surface area (Å²) in [5, 5.41) is 13.5. The van der Waals surface area contributed by atoms with Gasteiger partial charge in [0.1, 0.15) is 5.76 Å². The minimum Gasteiger partial charge on any atom is -0.444 e. The van der Waals surface area contributed by atoms with Crippen molar-refractivity contribution in [1.29, 1.82) is 0 Å². The lowest BCUT2D eigenvalue weighted by Gasteiger charge is -2.02. The maximum absolute atomic E-state index is 10.7. The molecule has 1 N–H and O–H groups in total. The lowest BCUT2D eigenvalue weighted by atomic mass is 10.4. The largest absolute Gasteiger partial charge is 0.444 e. The summed E-state index contributed by atoms with van der Waals surface area (Å²) in [5.41, 5.74) is -0.0734. The summed E-state index contributed by atoms with van der Waals surface area (Å²) in [6.45, 7) is 2.03. The Morgan fingerprint density at radius 1 is 1.53 bits per heavy atom. The number of anilines is 1. The van der Waals surface area contributed by atoms with Crippen LogP contribution in [0.2, 0.25) is 0 Å². The van der Waals surface area contributed by atoms with Crippen molar-refractivity contribution in [3.8, 4) is 0 Å². The van der Waals surface area contributed by atoms with E-state index in [1.165, 1.54) is 18.3 Å². The van der Waals surface area contributed by atoms with E-state index in [-0.39, 0.29) is 18.1 Å². The third-order valence-corrected chi connectivity index (χ3v) is 2.06. The Morgan fingerprint density at radius 2 is 2.35 bits per heavy atom. The standard InChI is InChI=1S/C10H10N4O3/c1-7-5-12-9(17-7)6-13-10-8(14(15)16)3-2-4-11-10/h2-5H,6H2,1H3,(H,11,13). The van der Waals surface area contributed by atoms with Crippen molar-refractivity contribution in [2.75, 3.05) is 5.32 Å². The second kappa shape index (κ2) is 4.60. The number of hydrogen-bond acceptors (Lipinski definition) is 6. The third-order valence-electron chi connectivity index (χ3n) is 2.06. The molecule has 0 aromatic carbocycles. The van der Waals surface area contributed by atoms with Gasteiger partial charge in [-0.3, -0.25) is 10.1 Å². The minimum absolute atomic E-state index is 0.0734. The van der Waals surface area contributed by atoms with Gasteiger partial charge in [-0.2, -0.15) is 0 Å². The molecule has 88 valence electrons. The molecule has 0 radical (unpaired) electrons. The summed E-state index contributed by atoms with van der Waals surface area (Å²) in [6, 6.07) is 2.90. The maximum Gasteiger partial charge on any atom is 0.311 e. The molecule has 0 aliphatic heterocycles. The third kappa shape index (κ3) is 2.57. The van der Waals surface area contributed by atoms with Crippen molar-refractivity contribution >= 4 is 11.5 Å². The molecule has 7 nitrogen and oxygen atoms in total. The molecule has 0 amide bonds. The van der Waals surface area contributed by atoms with Crippen LogP contribution in [0.5, 0.6) is 0 Å². The molecule has 0 saturated carbocycles. The van der Waals surface area contributed by atoms with Gasteiger partial charge in [-0.25, -0.2) is 9.97 Å². The van der Waals surface area contributed by atoms with Crippen LogP contribution < -0.4 is 5.32 Å². The zero-order chi connectivity index (χ0) is 12.3. The Kier molecular flexibility index (Phi) is 2.99. The van der Waals surface area contributed by atoms with E-state index in [4.69, 9.17) is 4.42 Å². The van der Waals surface area contributed by atoms with E-state index in [9.17, 15) is 10.1 Å². The van der Waals surface area contributed by atoms with E-state index in [2.05, 4.69) is 15.3 Å². The summed E-state index contributed by atoms with van der Waals surface area (Å²) >= 11 is 0. The van der Waals surface area contributed by atoms with Gasteiger partial charge in [-0.05, 0) is 13.0 Å². The van der Waals surface area contributed by atoms with Crippen LogP contribution >= 0.6 is 0 Å². The highest BCUT2D eigenvalue weighted by Gasteiger charge is 2.14. The molecule has 0 aliphatic carbocycles. The van der Waals surface area contributed by atoms with Gasteiger partial charge in [0.2, 0.25) is 11.7 Å². The van der Waals surface area contributed by atoms with Crippen LogP contribution in [-0.4, -0.2) is 14.9 Å². The number of nitro groups is 1. The normalized spacial score (nSPS) is 10.2. The van der Waals surface area contributed by atoms with Crippen LogP contribution in [0.4, 0.5) is 11.5 Å². The van der Waals surface area contributed by atoms with E-state index in [0.29, 0.717) is 11.7 Å². The Labute approximate surface area is 96.7 Å². The first-order valence-corrected chi connectivity index (χ1v) is 4.91.